The Balaban J connectivity index is 3.50. The van der Waals surface area contributed by atoms with Crippen LogP contribution in [-0.4, -0.2) is 6.04 Å². The highest BCUT2D eigenvalue weighted by Crippen LogP contribution is 2.09. The molecule has 0 unspecified atom stereocenters. The van der Waals surface area contributed by atoms with Gasteiger partial charge >= 0.3 is 0 Å². The van der Waals surface area contributed by atoms with Gasteiger partial charge in [0.1, 0.15) is 0 Å². The molecule has 1 heteroatoms. The number of nitrogens with two attached hydrogens (primary N) is 1. The molecule has 0 aliphatic carbocycles. The molecule has 0 heterocycles. The minimum absolute atomic E-state index is 0.371. The highest BCUT2D eigenvalue weighted by atomic mass is 14.6. The quantitative estimate of drug-likeness (QED) is 0.597. The van der Waals surface area contributed by atoms with Crippen LogP contribution >= 0.6 is 0 Å². The standard InChI is InChI=1S/C9H19N/c1-4-6-7-8(3)9(10)5-2/h4,6,8-9H,5,7,10H2,1-3H3/b6-4-/t8-,9+/m0/s1. The zero-order chi connectivity index (χ0) is 7.98. The first-order valence-electron chi connectivity index (χ1n) is 4.09. The van der Waals surface area contributed by atoms with E-state index in [0.29, 0.717) is 12.0 Å². The summed E-state index contributed by atoms with van der Waals surface area (Å²) in [5.74, 6) is 0.626. The molecule has 0 amide bonds. The zero-order valence-electron chi connectivity index (χ0n) is 7.30. The highest BCUT2D eigenvalue weighted by Gasteiger charge is 2.07. The molecule has 0 aliphatic heterocycles. The summed E-state index contributed by atoms with van der Waals surface area (Å²) in [6, 6.07) is 0.371. The Hall–Kier alpha value is -0.300. The summed E-state index contributed by atoms with van der Waals surface area (Å²) < 4.78 is 0. The highest BCUT2D eigenvalue weighted by molar-refractivity contribution is 4.82. The fraction of sp³-hybridized carbons (Fsp3) is 0.778. The maximum Gasteiger partial charge on any atom is 0.00648 e. The smallest absolute Gasteiger partial charge is 0.00648 e. The van der Waals surface area contributed by atoms with Crippen LogP contribution in [-0.2, 0) is 0 Å². The molecule has 1 nitrogen and oxygen atoms in total. The second kappa shape index (κ2) is 5.48. The average Bonchev–Trinajstić information content (AvgIpc) is 1.98. The average molecular weight is 141 g/mol. The van der Waals surface area contributed by atoms with E-state index in [1.165, 1.54) is 0 Å². The van der Waals surface area contributed by atoms with E-state index in [-0.39, 0.29) is 0 Å². The fourth-order valence-corrected chi connectivity index (χ4v) is 0.928. The molecule has 0 aromatic rings. The van der Waals surface area contributed by atoms with Crippen LogP contribution in [0.15, 0.2) is 12.2 Å². The molecule has 0 spiro atoms. The molecule has 0 fully saturated rings. The van der Waals surface area contributed by atoms with Crippen LogP contribution in [0.4, 0.5) is 0 Å². The number of rotatable bonds is 4. The van der Waals surface area contributed by atoms with Crippen molar-refractivity contribution in [3.63, 3.8) is 0 Å². The van der Waals surface area contributed by atoms with Gasteiger partial charge in [-0.25, -0.2) is 0 Å². The summed E-state index contributed by atoms with van der Waals surface area (Å²) in [5.41, 5.74) is 5.82. The number of hydrogen-bond acceptors (Lipinski definition) is 1. The Morgan fingerprint density at radius 1 is 1.50 bits per heavy atom. The van der Waals surface area contributed by atoms with Gasteiger partial charge in [-0.15, -0.1) is 0 Å². The van der Waals surface area contributed by atoms with Crippen molar-refractivity contribution in [1.82, 2.24) is 0 Å². The maximum absolute atomic E-state index is 5.82. The normalized spacial score (nSPS) is 17.6. The zero-order valence-corrected chi connectivity index (χ0v) is 7.30. The first kappa shape index (κ1) is 9.70. The van der Waals surface area contributed by atoms with Gasteiger partial charge < -0.3 is 5.73 Å². The van der Waals surface area contributed by atoms with Gasteiger partial charge in [0.15, 0.2) is 0 Å². The van der Waals surface area contributed by atoms with E-state index in [2.05, 4.69) is 26.0 Å². The van der Waals surface area contributed by atoms with Crippen LogP contribution < -0.4 is 5.73 Å². The number of allylic oxidation sites excluding steroid dienone is 2. The topological polar surface area (TPSA) is 26.0 Å². The molecule has 0 aliphatic rings. The van der Waals surface area contributed by atoms with Crippen molar-refractivity contribution in [3.05, 3.63) is 12.2 Å². The summed E-state index contributed by atoms with van der Waals surface area (Å²) in [6.07, 6.45) is 6.46. The van der Waals surface area contributed by atoms with Crippen molar-refractivity contribution in [2.75, 3.05) is 0 Å². The summed E-state index contributed by atoms with van der Waals surface area (Å²) in [5, 5.41) is 0. The Bertz CT molecular complexity index is 96.9. The van der Waals surface area contributed by atoms with Crippen molar-refractivity contribution in [3.8, 4) is 0 Å². The second-order valence-electron chi connectivity index (χ2n) is 2.85. The molecular weight excluding hydrogens is 122 g/mol. The van der Waals surface area contributed by atoms with Gasteiger partial charge in [0.2, 0.25) is 0 Å². The molecule has 0 rings (SSSR count). The minimum atomic E-state index is 0.371. The van der Waals surface area contributed by atoms with Crippen LogP contribution in [0.1, 0.15) is 33.6 Å². The molecule has 0 aromatic carbocycles. The lowest BCUT2D eigenvalue weighted by atomic mass is 9.97. The SMILES string of the molecule is C/C=C\C[C@H](C)[C@H](N)CC. The van der Waals surface area contributed by atoms with E-state index in [0.717, 1.165) is 12.8 Å². The minimum Gasteiger partial charge on any atom is -0.327 e. The van der Waals surface area contributed by atoms with Crippen LogP contribution in [0.3, 0.4) is 0 Å². The molecule has 10 heavy (non-hydrogen) atoms. The summed E-state index contributed by atoms with van der Waals surface area (Å²) in [6.45, 7) is 6.38. The monoisotopic (exact) mass is 141 g/mol. The predicted octanol–water partition coefficient (Wildman–Crippen LogP) is 2.33. The molecule has 0 radical (unpaired) electrons. The fourth-order valence-electron chi connectivity index (χ4n) is 0.928. The third kappa shape index (κ3) is 3.67. The third-order valence-corrected chi connectivity index (χ3v) is 1.95. The maximum atomic E-state index is 5.82. The van der Waals surface area contributed by atoms with Gasteiger partial charge in [0.05, 0.1) is 0 Å². The van der Waals surface area contributed by atoms with Crippen molar-refractivity contribution in [2.45, 2.75) is 39.7 Å². The van der Waals surface area contributed by atoms with Gasteiger partial charge in [-0.05, 0) is 25.7 Å². The molecule has 2 N–H and O–H groups in total. The number of hydrogen-bond donors (Lipinski definition) is 1. The Morgan fingerprint density at radius 2 is 2.10 bits per heavy atom. The first-order chi connectivity index (χ1) is 4.72. The van der Waals surface area contributed by atoms with E-state index in [1.807, 2.05) is 6.92 Å². The summed E-state index contributed by atoms with van der Waals surface area (Å²) in [4.78, 5) is 0. The lowest BCUT2D eigenvalue weighted by Gasteiger charge is -2.15. The molecule has 60 valence electrons. The Labute approximate surface area is 64.3 Å². The Morgan fingerprint density at radius 3 is 2.50 bits per heavy atom. The van der Waals surface area contributed by atoms with Crippen molar-refractivity contribution >= 4 is 0 Å². The van der Waals surface area contributed by atoms with E-state index in [9.17, 15) is 0 Å². The van der Waals surface area contributed by atoms with Crippen LogP contribution in [0.5, 0.6) is 0 Å². The van der Waals surface area contributed by atoms with Crippen LogP contribution in [0, 0.1) is 5.92 Å². The second-order valence-corrected chi connectivity index (χ2v) is 2.85. The van der Waals surface area contributed by atoms with Crippen molar-refractivity contribution in [1.29, 1.82) is 0 Å². The Kier molecular flexibility index (Phi) is 5.32. The molecule has 2 atom stereocenters. The third-order valence-electron chi connectivity index (χ3n) is 1.95. The van der Waals surface area contributed by atoms with Crippen LogP contribution in [0.2, 0.25) is 0 Å². The van der Waals surface area contributed by atoms with Gasteiger partial charge in [0, 0.05) is 6.04 Å². The van der Waals surface area contributed by atoms with E-state index >= 15 is 0 Å². The van der Waals surface area contributed by atoms with E-state index < -0.39 is 0 Å². The molecule has 0 aromatic heterocycles. The van der Waals surface area contributed by atoms with Crippen molar-refractivity contribution in [2.24, 2.45) is 11.7 Å². The molecule has 0 saturated heterocycles. The van der Waals surface area contributed by atoms with Crippen LogP contribution in [0.25, 0.3) is 0 Å². The van der Waals surface area contributed by atoms with Gasteiger partial charge in [0.25, 0.3) is 0 Å². The summed E-state index contributed by atoms with van der Waals surface area (Å²) >= 11 is 0. The van der Waals surface area contributed by atoms with E-state index in [4.69, 9.17) is 5.73 Å². The largest absolute Gasteiger partial charge is 0.327 e. The van der Waals surface area contributed by atoms with Crippen molar-refractivity contribution < 1.29 is 0 Å². The molecule has 0 bridgehead atoms. The van der Waals surface area contributed by atoms with Gasteiger partial charge in [-0.2, -0.15) is 0 Å². The predicted molar refractivity (Wildman–Crippen MR) is 46.9 cm³/mol. The van der Waals surface area contributed by atoms with Gasteiger partial charge in [-0.1, -0.05) is 26.0 Å². The van der Waals surface area contributed by atoms with E-state index in [1.54, 1.807) is 0 Å². The lowest BCUT2D eigenvalue weighted by Crippen LogP contribution is -2.26. The molecule has 0 saturated carbocycles. The summed E-state index contributed by atoms with van der Waals surface area (Å²) in [7, 11) is 0. The van der Waals surface area contributed by atoms with Gasteiger partial charge in [-0.3, -0.25) is 0 Å². The molecular formula is C9H19N. The first-order valence-corrected chi connectivity index (χ1v) is 4.09. The lowest BCUT2D eigenvalue weighted by molar-refractivity contribution is 0.449.